The maximum absolute atomic E-state index is 16.2. The Kier molecular flexibility index (Phi) is 6.86. The molecule has 1 amide bonds. The largest absolute Gasteiger partial charge is 0.465 e. The van der Waals surface area contributed by atoms with Gasteiger partial charge in [0.15, 0.2) is 0 Å². The van der Waals surface area contributed by atoms with Gasteiger partial charge in [0, 0.05) is 50.0 Å². The Morgan fingerprint density at radius 1 is 1.06 bits per heavy atom. The maximum Gasteiger partial charge on any atom is 0.407 e. The van der Waals surface area contributed by atoms with Crippen molar-refractivity contribution in [3.63, 3.8) is 0 Å². The molecule has 35 heavy (non-hydrogen) atoms. The fourth-order valence-corrected chi connectivity index (χ4v) is 6.58. The molecule has 188 valence electrons. The Morgan fingerprint density at radius 3 is 2.37 bits per heavy atom. The highest BCUT2D eigenvalue weighted by Gasteiger charge is 2.53. The first kappa shape index (κ1) is 24.3. The van der Waals surface area contributed by atoms with Gasteiger partial charge in [0.1, 0.15) is 5.67 Å². The number of piperidine rings is 2. The zero-order valence-corrected chi connectivity index (χ0v) is 20.7. The normalized spacial score (nSPS) is 31.9. The minimum absolute atomic E-state index is 0.166. The Bertz CT molecular complexity index is 998. The van der Waals surface area contributed by atoms with E-state index in [1.807, 2.05) is 19.1 Å². The standard InChI is InChI=1S/C29H38FN3O2/c1-28(24-12-15-32(16-13-24)19-22-8-4-2-5-9-22)20-29(30,14-17-33(28)27(34)35)21-31-26-18-25(26)23-10-6-3-7-11-23/h2-11,24-26,31H,12-21H2,1H3,(H,34,35)/t25-,26+,28?,29?/m0/s1. The second kappa shape index (κ2) is 9.90. The Balaban J connectivity index is 1.20. The second-order valence-electron chi connectivity index (χ2n) is 11.1. The molecule has 1 aliphatic carbocycles. The van der Waals surface area contributed by atoms with E-state index in [2.05, 4.69) is 58.7 Å². The van der Waals surface area contributed by atoms with E-state index in [-0.39, 0.29) is 25.3 Å². The fraction of sp³-hybridized carbons (Fsp3) is 0.552. The molecule has 5 rings (SSSR count). The molecule has 2 aliphatic heterocycles. The summed E-state index contributed by atoms with van der Waals surface area (Å²) < 4.78 is 16.2. The minimum atomic E-state index is -1.38. The van der Waals surface area contributed by atoms with Crippen LogP contribution in [0.1, 0.15) is 56.1 Å². The SMILES string of the molecule is CC1(C2CCN(Cc3ccccc3)CC2)CC(F)(CN[C@@H]2C[C@H]2c2ccccc2)CCN1C(=O)O. The maximum atomic E-state index is 16.2. The van der Waals surface area contributed by atoms with Gasteiger partial charge in [0.2, 0.25) is 0 Å². The van der Waals surface area contributed by atoms with Gasteiger partial charge >= 0.3 is 6.09 Å². The zero-order chi connectivity index (χ0) is 24.5. The average molecular weight is 480 g/mol. The molecular formula is C29H38FN3O2. The first-order valence-electron chi connectivity index (χ1n) is 13.1. The summed E-state index contributed by atoms with van der Waals surface area (Å²) >= 11 is 0. The van der Waals surface area contributed by atoms with Crippen LogP contribution < -0.4 is 5.32 Å². The van der Waals surface area contributed by atoms with E-state index in [9.17, 15) is 9.90 Å². The number of hydrogen-bond acceptors (Lipinski definition) is 3. The van der Waals surface area contributed by atoms with Crippen molar-refractivity contribution >= 4 is 6.09 Å². The highest BCUT2D eigenvalue weighted by atomic mass is 19.1. The number of alkyl halides is 1. The molecule has 5 nitrogen and oxygen atoms in total. The molecule has 0 radical (unpaired) electrons. The van der Waals surface area contributed by atoms with E-state index >= 15 is 4.39 Å². The summed E-state index contributed by atoms with van der Waals surface area (Å²) in [6.07, 6.45) is 2.45. The quantitative estimate of drug-likeness (QED) is 0.567. The summed E-state index contributed by atoms with van der Waals surface area (Å²) in [6.45, 7) is 5.31. The van der Waals surface area contributed by atoms with Gasteiger partial charge < -0.3 is 15.3 Å². The van der Waals surface area contributed by atoms with Crippen molar-refractivity contribution in [3.8, 4) is 0 Å². The number of hydrogen-bond donors (Lipinski definition) is 2. The zero-order valence-electron chi connectivity index (χ0n) is 20.7. The summed E-state index contributed by atoms with van der Waals surface area (Å²) in [6, 6.07) is 21.2. The number of amides is 1. The van der Waals surface area contributed by atoms with E-state index in [0.717, 1.165) is 38.9 Å². The minimum Gasteiger partial charge on any atom is -0.465 e. The predicted molar refractivity (Wildman–Crippen MR) is 136 cm³/mol. The van der Waals surface area contributed by atoms with E-state index < -0.39 is 17.3 Å². The highest BCUT2D eigenvalue weighted by Crippen LogP contribution is 2.46. The second-order valence-corrected chi connectivity index (χ2v) is 11.1. The van der Waals surface area contributed by atoms with Crippen molar-refractivity contribution in [3.05, 3.63) is 71.8 Å². The van der Waals surface area contributed by atoms with Crippen molar-refractivity contribution in [2.24, 2.45) is 5.92 Å². The van der Waals surface area contributed by atoms with Crippen LogP contribution in [0.5, 0.6) is 0 Å². The number of nitrogens with zero attached hydrogens (tertiary/aromatic N) is 2. The van der Waals surface area contributed by atoms with Gasteiger partial charge in [-0.25, -0.2) is 9.18 Å². The van der Waals surface area contributed by atoms with Gasteiger partial charge in [-0.15, -0.1) is 0 Å². The van der Waals surface area contributed by atoms with E-state index in [1.165, 1.54) is 11.1 Å². The first-order chi connectivity index (χ1) is 16.9. The first-order valence-corrected chi connectivity index (χ1v) is 13.1. The lowest BCUT2D eigenvalue weighted by atomic mass is 9.69. The molecule has 0 bridgehead atoms. The average Bonchev–Trinajstić information content (AvgIpc) is 3.64. The Morgan fingerprint density at radius 2 is 1.71 bits per heavy atom. The van der Waals surface area contributed by atoms with Gasteiger partial charge in [-0.3, -0.25) is 4.90 Å². The molecule has 1 saturated carbocycles. The Hall–Kier alpha value is -2.44. The van der Waals surface area contributed by atoms with Crippen LogP contribution in [-0.4, -0.2) is 64.4 Å². The smallest absolute Gasteiger partial charge is 0.407 e. The molecular weight excluding hydrogens is 441 g/mol. The Labute approximate surface area is 208 Å². The number of halogens is 1. The molecule has 6 heteroatoms. The van der Waals surface area contributed by atoms with Crippen LogP contribution in [0, 0.1) is 5.92 Å². The summed E-state index contributed by atoms with van der Waals surface area (Å²) in [4.78, 5) is 16.2. The third-order valence-corrected chi connectivity index (χ3v) is 8.72. The van der Waals surface area contributed by atoms with Crippen LogP contribution in [-0.2, 0) is 6.54 Å². The van der Waals surface area contributed by atoms with Crippen LogP contribution in [0.4, 0.5) is 9.18 Å². The molecule has 2 aromatic carbocycles. The molecule has 2 N–H and O–H groups in total. The van der Waals surface area contributed by atoms with Gasteiger partial charge in [-0.05, 0) is 56.3 Å². The third kappa shape index (κ3) is 5.39. The van der Waals surface area contributed by atoms with Gasteiger partial charge in [-0.2, -0.15) is 0 Å². The number of carboxylic acid groups (broad SMARTS) is 1. The van der Waals surface area contributed by atoms with Crippen LogP contribution in [0.25, 0.3) is 0 Å². The fourth-order valence-electron chi connectivity index (χ4n) is 6.58. The van der Waals surface area contributed by atoms with E-state index in [0.29, 0.717) is 18.5 Å². The van der Waals surface area contributed by atoms with Crippen molar-refractivity contribution in [1.29, 1.82) is 0 Å². The number of nitrogens with one attached hydrogen (secondary N) is 1. The summed E-state index contributed by atoms with van der Waals surface area (Å²) in [5.74, 6) is 0.623. The number of benzene rings is 2. The number of carbonyl (C=O) groups is 1. The highest BCUT2D eigenvalue weighted by molar-refractivity contribution is 5.66. The molecule has 2 aromatic rings. The van der Waals surface area contributed by atoms with E-state index in [1.54, 1.807) is 4.90 Å². The lowest BCUT2D eigenvalue weighted by Gasteiger charge is -2.54. The molecule has 2 heterocycles. The molecule has 4 atom stereocenters. The van der Waals surface area contributed by atoms with Crippen LogP contribution in [0.15, 0.2) is 60.7 Å². The van der Waals surface area contributed by atoms with Crippen molar-refractivity contribution in [2.75, 3.05) is 26.2 Å². The summed E-state index contributed by atoms with van der Waals surface area (Å²) in [5.41, 5.74) is 0.545. The summed E-state index contributed by atoms with van der Waals surface area (Å²) in [5, 5.41) is 13.5. The molecule has 3 aliphatic rings. The van der Waals surface area contributed by atoms with Crippen LogP contribution in [0.3, 0.4) is 0 Å². The lowest BCUT2D eigenvalue weighted by molar-refractivity contribution is -0.0628. The molecule has 0 aromatic heterocycles. The van der Waals surface area contributed by atoms with Crippen molar-refractivity contribution < 1.29 is 14.3 Å². The number of likely N-dealkylation sites (tertiary alicyclic amines) is 2. The molecule has 2 unspecified atom stereocenters. The predicted octanol–water partition coefficient (Wildman–Crippen LogP) is 5.29. The lowest BCUT2D eigenvalue weighted by Crippen LogP contribution is -2.64. The number of rotatable bonds is 7. The monoisotopic (exact) mass is 479 g/mol. The van der Waals surface area contributed by atoms with Gasteiger partial charge in [0.05, 0.1) is 0 Å². The van der Waals surface area contributed by atoms with Crippen molar-refractivity contribution in [1.82, 2.24) is 15.1 Å². The van der Waals surface area contributed by atoms with Crippen molar-refractivity contribution in [2.45, 2.75) is 68.7 Å². The molecule has 3 fully saturated rings. The van der Waals surface area contributed by atoms with Gasteiger partial charge in [-0.1, -0.05) is 60.7 Å². The third-order valence-electron chi connectivity index (χ3n) is 8.72. The topological polar surface area (TPSA) is 55.8 Å². The van der Waals surface area contributed by atoms with Crippen LogP contribution >= 0.6 is 0 Å². The van der Waals surface area contributed by atoms with E-state index in [4.69, 9.17) is 0 Å². The van der Waals surface area contributed by atoms with Gasteiger partial charge in [0.25, 0.3) is 0 Å². The summed E-state index contributed by atoms with van der Waals surface area (Å²) in [7, 11) is 0. The molecule has 2 saturated heterocycles. The van der Waals surface area contributed by atoms with Crippen LogP contribution in [0.2, 0.25) is 0 Å². The molecule has 0 spiro atoms.